The molecule has 0 bridgehead atoms. The summed E-state index contributed by atoms with van der Waals surface area (Å²) >= 11 is 2.86. The zero-order valence-electron chi connectivity index (χ0n) is 20.1. The normalized spacial score (nSPS) is 12.0. The molecule has 1 atom stereocenters. The van der Waals surface area contributed by atoms with Crippen molar-refractivity contribution in [1.29, 1.82) is 0 Å². The maximum absolute atomic E-state index is 13.1. The van der Waals surface area contributed by atoms with Gasteiger partial charge in [0.25, 0.3) is 11.8 Å². The first-order valence-electron chi connectivity index (χ1n) is 11.3. The summed E-state index contributed by atoms with van der Waals surface area (Å²) in [5.74, 6) is -0.0449. The van der Waals surface area contributed by atoms with Crippen LogP contribution in [-0.4, -0.2) is 28.1 Å². The number of hydrogen-bond donors (Lipinski definition) is 3. The second kappa shape index (κ2) is 12.2. The van der Waals surface area contributed by atoms with Gasteiger partial charge in [0.05, 0.1) is 5.25 Å². The van der Waals surface area contributed by atoms with Crippen LogP contribution in [0.5, 0.6) is 0 Å². The van der Waals surface area contributed by atoms with E-state index in [0.29, 0.717) is 22.8 Å². The van der Waals surface area contributed by atoms with Gasteiger partial charge in [0.1, 0.15) is 11.5 Å². The number of nitrogens with zero attached hydrogens (tertiary/aromatic N) is 1. The molecule has 3 amide bonds. The minimum Gasteiger partial charge on any atom is -0.360 e. The lowest BCUT2D eigenvalue weighted by Crippen LogP contribution is -2.30. The number of nitrogens with one attached hydrogen (secondary N) is 3. The number of aromatic nitrogens is 1. The first kappa shape index (κ1) is 25.9. The summed E-state index contributed by atoms with van der Waals surface area (Å²) in [4.78, 5) is 39.0. The second-order valence-corrected chi connectivity index (χ2v) is 10.2. The quantitative estimate of drug-likeness (QED) is 0.192. The molecule has 0 saturated heterocycles. The lowest BCUT2D eigenvalue weighted by Gasteiger charge is -2.13. The summed E-state index contributed by atoms with van der Waals surface area (Å²) < 4.78 is 4.97. The molecule has 1 unspecified atom stereocenters. The number of aryl methyl sites for hydroxylation is 1. The number of benzene rings is 2. The molecule has 0 spiro atoms. The standard InChI is InChI=1S/C27H24N4O4S2/c1-17-14-24(31-35-17)30-25(32)18(2)37-22-10-8-21(9-11-22)28-27(34)23(15-19-12-13-36-16-19)29-26(33)20-6-4-3-5-7-20/h3-16,18H,1-2H3,(H,28,34)(H,29,33)(H,30,31,32)/b23-15-. The van der Waals surface area contributed by atoms with E-state index >= 15 is 0 Å². The van der Waals surface area contributed by atoms with Crippen LogP contribution >= 0.6 is 23.1 Å². The van der Waals surface area contributed by atoms with Crippen molar-refractivity contribution in [3.05, 3.63) is 100 Å². The summed E-state index contributed by atoms with van der Waals surface area (Å²) in [6.07, 6.45) is 1.63. The highest BCUT2D eigenvalue weighted by Gasteiger charge is 2.17. The first-order valence-corrected chi connectivity index (χ1v) is 13.1. The van der Waals surface area contributed by atoms with Crippen molar-refractivity contribution in [1.82, 2.24) is 10.5 Å². The molecule has 0 fully saturated rings. The van der Waals surface area contributed by atoms with Crippen LogP contribution < -0.4 is 16.0 Å². The fourth-order valence-corrected chi connectivity index (χ4v) is 4.68. The third kappa shape index (κ3) is 7.42. The third-order valence-electron chi connectivity index (χ3n) is 5.06. The Morgan fingerprint density at radius 1 is 1.03 bits per heavy atom. The molecule has 0 aliphatic heterocycles. The molecule has 2 aromatic carbocycles. The maximum Gasteiger partial charge on any atom is 0.272 e. The number of anilines is 2. The van der Waals surface area contributed by atoms with E-state index < -0.39 is 5.91 Å². The van der Waals surface area contributed by atoms with Crippen molar-refractivity contribution in [3.63, 3.8) is 0 Å². The Hall–Kier alpha value is -4.15. The van der Waals surface area contributed by atoms with Gasteiger partial charge in [-0.15, -0.1) is 11.8 Å². The first-order chi connectivity index (χ1) is 17.9. The van der Waals surface area contributed by atoms with Gasteiger partial charge < -0.3 is 20.5 Å². The van der Waals surface area contributed by atoms with Crippen molar-refractivity contribution in [2.75, 3.05) is 10.6 Å². The number of amides is 3. The predicted octanol–water partition coefficient (Wildman–Crippen LogP) is 5.57. The zero-order valence-corrected chi connectivity index (χ0v) is 21.7. The highest BCUT2D eigenvalue weighted by Crippen LogP contribution is 2.26. The topological polar surface area (TPSA) is 113 Å². The smallest absolute Gasteiger partial charge is 0.272 e. The van der Waals surface area contributed by atoms with Crippen LogP contribution in [-0.2, 0) is 9.59 Å². The second-order valence-electron chi connectivity index (χ2n) is 7.99. The number of thioether (sulfide) groups is 1. The van der Waals surface area contributed by atoms with Crippen molar-refractivity contribution >= 4 is 58.4 Å². The van der Waals surface area contributed by atoms with Gasteiger partial charge >= 0.3 is 0 Å². The van der Waals surface area contributed by atoms with Crippen molar-refractivity contribution in [3.8, 4) is 0 Å². The number of carbonyl (C=O) groups is 3. The van der Waals surface area contributed by atoms with E-state index in [9.17, 15) is 14.4 Å². The van der Waals surface area contributed by atoms with Gasteiger partial charge in [-0.05, 0) is 78.7 Å². The van der Waals surface area contributed by atoms with Crippen molar-refractivity contribution in [2.24, 2.45) is 0 Å². The number of thiophene rings is 1. The molecule has 4 rings (SSSR count). The van der Waals surface area contributed by atoms with E-state index in [0.717, 1.165) is 10.5 Å². The van der Waals surface area contributed by atoms with Gasteiger partial charge in [-0.2, -0.15) is 11.3 Å². The van der Waals surface area contributed by atoms with Crippen LogP contribution in [0.4, 0.5) is 11.5 Å². The average molecular weight is 533 g/mol. The highest BCUT2D eigenvalue weighted by molar-refractivity contribution is 8.00. The third-order valence-corrected chi connectivity index (χ3v) is 6.87. The highest BCUT2D eigenvalue weighted by atomic mass is 32.2. The Kier molecular flexibility index (Phi) is 8.55. The molecular formula is C27H24N4O4S2. The summed E-state index contributed by atoms with van der Waals surface area (Å²) in [5, 5.41) is 15.4. The number of hydrogen-bond acceptors (Lipinski definition) is 7. The van der Waals surface area contributed by atoms with Gasteiger partial charge in [-0.1, -0.05) is 23.4 Å². The Morgan fingerprint density at radius 2 is 1.78 bits per heavy atom. The Bertz CT molecular complexity index is 1400. The lowest BCUT2D eigenvalue weighted by atomic mass is 10.2. The van der Waals surface area contributed by atoms with Crippen LogP contribution in [0, 0.1) is 6.92 Å². The fourth-order valence-electron chi connectivity index (χ4n) is 3.19. The molecule has 0 aliphatic carbocycles. The van der Waals surface area contributed by atoms with Gasteiger partial charge in [0, 0.05) is 22.2 Å². The lowest BCUT2D eigenvalue weighted by molar-refractivity contribution is -0.115. The van der Waals surface area contributed by atoms with E-state index in [1.165, 1.54) is 23.1 Å². The Morgan fingerprint density at radius 3 is 2.43 bits per heavy atom. The SMILES string of the molecule is Cc1cc(NC(=O)C(C)Sc2ccc(NC(=O)/C(=C/c3ccsc3)NC(=O)c3ccccc3)cc2)no1. The molecule has 10 heteroatoms. The van der Waals surface area contributed by atoms with Gasteiger partial charge in [0.2, 0.25) is 5.91 Å². The summed E-state index contributed by atoms with van der Waals surface area (Å²) in [7, 11) is 0. The molecule has 2 aromatic heterocycles. The number of rotatable bonds is 9. The molecule has 4 aromatic rings. The largest absolute Gasteiger partial charge is 0.360 e. The molecule has 3 N–H and O–H groups in total. The van der Waals surface area contributed by atoms with Crippen molar-refractivity contribution < 1.29 is 18.9 Å². The summed E-state index contributed by atoms with van der Waals surface area (Å²) in [6, 6.07) is 19.3. The minimum absolute atomic E-state index is 0.124. The molecule has 0 aliphatic rings. The zero-order chi connectivity index (χ0) is 26.2. The van der Waals surface area contributed by atoms with Crippen molar-refractivity contribution in [2.45, 2.75) is 24.0 Å². The van der Waals surface area contributed by atoms with E-state index in [4.69, 9.17) is 4.52 Å². The van der Waals surface area contributed by atoms with Crippen LogP contribution in [0.15, 0.2) is 92.6 Å². The van der Waals surface area contributed by atoms with E-state index in [1.54, 1.807) is 62.4 Å². The van der Waals surface area contributed by atoms with E-state index in [2.05, 4.69) is 21.1 Å². The van der Waals surface area contributed by atoms with Gasteiger partial charge in [0.15, 0.2) is 5.82 Å². The van der Waals surface area contributed by atoms with E-state index in [1.807, 2.05) is 35.0 Å². The van der Waals surface area contributed by atoms with Gasteiger partial charge in [-0.25, -0.2) is 0 Å². The molecular weight excluding hydrogens is 508 g/mol. The molecule has 0 saturated carbocycles. The summed E-state index contributed by atoms with van der Waals surface area (Å²) in [6.45, 7) is 3.54. The van der Waals surface area contributed by atoms with Crippen LogP contribution in [0.3, 0.4) is 0 Å². The number of carbonyl (C=O) groups excluding carboxylic acids is 3. The Labute approximate surface area is 222 Å². The summed E-state index contributed by atoms with van der Waals surface area (Å²) in [5.41, 5.74) is 1.93. The molecule has 188 valence electrons. The minimum atomic E-state index is -0.452. The average Bonchev–Trinajstić information content (AvgIpc) is 3.56. The molecule has 8 nitrogen and oxygen atoms in total. The van der Waals surface area contributed by atoms with Crippen LogP contribution in [0.1, 0.15) is 28.6 Å². The van der Waals surface area contributed by atoms with E-state index in [-0.39, 0.29) is 22.8 Å². The molecule has 37 heavy (non-hydrogen) atoms. The molecule has 2 heterocycles. The maximum atomic E-state index is 13.1. The predicted molar refractivity (Wildman–Crippen MR) is 146 cm³/mol. The Balaban J connectivity index is 1.39. The monoisotopic (exact) mass is 532 g/mol. The van der Waals surface area contributed by atoms with Crippen LogP contribution in [0.2, 0.25) is 0 Å². The fraction of sp³-hybridized carbons (Fsp3) is 0.111. The van der Waals surface area contributed by atoms with Gasteiger partial charge in [-0.3, -0.25) is 14.4 Å². The van der Waals surface area contributed by atoms with Crippen LogP contribution in [0.25, 0.3) is 6.08 Å². The molecule has 0 radical (unpaired) electrons.